The maximum atomic E-state index is 13.6. The van der Waals surface area contributed by atoms with Crippen molar-refractivity contribution in [3.63, 3.8) is 0 Å². The van der Waals surface area contributed by atoms with Crippen LogP contribution in [-0.4, -0.2) is 68.6 Å². The lowest BCUT2D eigenvalue weighted by molar-refractivity contribution is -0.143. The summed E-state index contributed by atoms with van der Waals surface area (Å²) < 4.78 is 58.4. The molecule has 8 nitrogen and oxygen atoms in total. The second-order valence-corrected chi connectivity index (χ2v) is 10.2. The molecule has 2 aromatic rings. The SMILES string of the molecule is C[C@H]1CN(C(=O)CN(Cc2ccc(F)cc2)S(=O)(=O)c2ccc3c(c2)OCCO3)C[C@H](C)O1. The van der Waals surface area contributed by atoms with Gasteiger partial charge in [0.1, 0.15) is 19.0 Å². The van der Waals surface area contributed by atoms with Crippen LogP contribution in [0.25, 0.3) is 0 Å². The summed E-state index contributed by atoms with van der Waals surface area (Å²) >= 11 is 0. The number of benzene rings is 2. The van der Waals surface area contributed by atoms with Crippen LogP contribution in [0.3, 0.4) is 0 Å². The van der Waals surface area contributed by atoms with Gasteiger partial charge >= 0.3 is 0 Å². The number of nitrogens with zero attached hydrogens (tertiary/aromatic N) is 2. The van der Waals surface area contributed by atoms with Gasteiger partial charge in [-0.2, -0.15) is 4.31 Å². The van der Waals surface area contributed by atoms with Gasteiger partial charge in [0.25, 0.3) is 0 Å². The topological polar surface area (TPSA) is 85.4 Å². The Morgan fingerprint density at radius 1 is 1.03 bits per heavy atom. The van der Waals surface area contributed by atoms with E-state index < -0.39 is 15.8 Å². The van der Waals surface area contributed by atoms with Crippen molar-refractivity contribution in [1.82, 2.24) is 9.21 Å². The molecule has 0 spiro atoms. The smallest absolute Gasteiger partial charge is 0.243 e. The maximum Gasteiger partial charge on any atom is 0.243 e. The highest BCUT2D eigenvalue weighted by Crippen LogP contribution is 2.33. The molecule has 0 bridgehead atoms. The van der Waals surface area contributed by atoms with E-state index in [1.807, 2.05) is 13.8 Å². The van der Waals surface area contributed by atoms with Gasteiger partial charge in [0.15, 0.2) is 11.5 Å². The molecule has 0 aromatic heterocycles. The average molecular weight is 479 g/mol. The molecule has 1 fully saturated rings. The van der Waals surface area contributed by atoms with Crippen molar-refractivity contribution in [3.8, 4) is 11.5 Å². The molecule has 1 amide bonds. The minimum Gasteiger partial charge on any atom is -0.486 e. The second kappa shape index (κ2) is 9.66. The van der Waals surface area contributed by atoms with E-state index in [2.05, 4.69) is 0 Å². The minimum absolute atomic E-state index is 0.00891. The molecule has 178 valence electrons. The summed E-state index contributed by atoms with van der Waals surface area (Å²) in [7, 11) is -4.08. The van der Waals surface area contributed by atoms with Gasteiger partial charge in [0.2, 0.25) is 15.9 Å². The van der Waals surface area contributed by atoms with E-state index in [1.165, 1.54) is 36.4 Å². The highest BCUT2D eigenvalue weighted by molar-refractivity contribution is 7.89. The molecule has 0 saturated carbocycles. The fraction of sp³-hybridized carbons (Fsp3) is 0.435. The Morgan fingerprint density at radius 3 is 2.33 bits per heavy atom. The van der Waals surface area contributed by atoms with Crippen LogP contribution < -0.4 is 9.47 Å². The first-order valence-corrected chi connectivity index (χ1v) is 12.2. The lowest BCUT2D eigenvalue weighted by Crippen LogP contribution is -2.51. The number of morpholine rings is 1. The van der Waals surface area contributed by atoms with Gasteiger partial charge in [-0.1, -0.05) is 12.1 Å². The lowest BCUT2D eigenvalue weighted by atomic mass is 10.2. The monoisotopic (exact) mass is 478 g/mol. The van der Waals surface area contributed by atoms with Crippen LogP contribution in [0.4, 0.5) is 4.39 Å². The number of fused-ring (bicyclic) bond motifs is 1. The lowest BCUT2D eigenvalue weighted by Gasteiger charge is -2.36. The van der Waals surface area contributed by atoms with E-state index >= 15 is 0 Å². The van der Waals surface area contributed by atoms with Crippen LogP contribution in [-0.2, 0) is 26.1 Å². The van der Waals surface area contributed by atoms with Gasteiger partial charge in [-0.05, 0) is 43.7 Å². The molecule has 0 radical (unpaired) electrons. The van der Waals surface area contributed by atoms with Crippen molar-refractivity contribution >= 4 is 15.9 Å². The minimum atomic E-state index is -4.08. The number of hydrogen-bond donors (Lipinski definition) is 0. The number of ether oxygens (including phenoxy) is 3. The summed E-state index contributed by atoms with van der Waals surface area (Å²) in [6.45, 7) is 4.79. The third kappa shape index (κ3) is 5.45. The molecular formula is C23H27FN2O6S. The molecule has 1 saturated heterocycles. The van der Waals surface area contributed by atoms with Crippen LogP contribution in [0.15, 0.2) is 47.4 Å². The highest BCUT2D eigenvalue weighted by atomic mass is 32.2. The fourth-order valence-corrected chi connectivity index (χ4v) is 5.38. The Balaban J connectivity index is 1.62. The van der Waals surface area contributed by atoms with Crippen molar-refractivity contribution in [3.05, 3.63) is 53.8 Å². The van der Waals surface area contributed by atoms with Crippen molar-refractivity contribution in [2.24, 2.45) is 0 Å². The first-order valence-electron chi connectivity index (χ1n) is 10.8. The summed E-state index contributed by atoms with van der Waals surface area (Å²) in [6.07, 6.45) is -0.282. The summed E-state index contributed by atoms with van der Waals surface area (Å²) in [4.78, 5) is 14.7. The number of amides is 1. The molecule has 2 heterocycles. The summed E-state index contributed by atoms with van der Waals surface area (Å²) in [6, 6.07) is 9.92. The molecule has 2 atom stereocenters. The van der Waals surface area contributed by atoms with E-state index in [4.69, 9.17) is 14.2 Å². The van der Waals surface area contributed by atoms with Gasteiger partial charge in [-0.3, -0.25) is 4.79 Å². The van der Waals surface area contributed by atoms with Crippen LogP contribution >= 0.6 is 0 Å². The molecule has 10 heteroatoms. The van der Waals surface area contributed by atoms with E-state index in [0.29, 0.717) is 43.4 Å². The Bertz CT molecular complexity index is 1100. The van der Waals surface area contributed by atoms with Gasteiger partial charge < -0.3 is 19.1 Å². The van der Waals surface area contributed by atoms with Crippen LogP contribution in [0.1, 0.15) is 19.4 Å². The molecule has 0 unspecified atom stereocenters. The number of carbonyl (C=O) groups is 1. The van der Waals surface area contributed by atoms with Gasteiger partial charge in [-0.15, -0.1) is 0 Å². The standard InChI is InChI=1S/C23H27FN2O6S/c1-16-12-25(13-17(2)32-16)23(27)15-26(14-18-3-5-19(24)6-4-18)33(28,29)20-7-8-21-22(11-20)31-10-9-30-21/h3-8,11,16-17H,9-10,12-15H2,1-2H3/t16-,17-/m0/s1. The van der Waals surface area contributed by atoms with Gasteiger partial charge in [-0.25, -0.2) is 12.8 Å². The molecule has 4 rings (SSSR count). The highest BCUT2D eigenvalue weighted by Gasteiger charge is 2.32. The first kappa shape index (κ1) is 23.5. The molecule has 2 aromatic carbocycles. The van der Waals surface area contributed by atoms with E-state index in [1.54, 1.807) is 11.0 Å². The van der Waals surface area contributed by atoms with Crippen LogP contribution in [0, 0.1) is 5.82 Å². The van der Waals surface area contributed by atoms with Crippen LogP contribution in [0.2, 0.25) is 0 Å². The third-order valence-corrected chi connectivity index (χ3v) is 7.30. The molecule has 0 aliphatic carbocycles. The molecule has 0 N–H and O–H groups in total. The van der Waals surface area contributed by atoms with Crippen molar-refractivity contribution in [1.29, 1.82) is 0 Å². The third-order valence-electron chi connectivity index (χ3n) is 5.51. The van der Waals surface area contributed by atoms with Crippen molar-refractivity contribution in [2.45, 2.75) is 37.5 Å². The zero-order chi connectivity index (χ0) is 23.6. The summed E-state index contributed by atoms with van der Waals surface area (Å²) in [5.41, 5.74) is 0.564. The number of hydrogen-bond acceptors (Lipinski definition) is 6. The zero-order valence-electron chi connectivity index (χ0n) is 18.6. The van der Waals surface area contributed by atoms with Gasteiger partial charge in [0.05, 0.1) is 23.6 Å². The van der Waals surface area contributed by atoms with Crippen molar-refractivity contribution < 1.29 is 31.8 Å². The molecule has 33 heavy (non-hydrogen) atoms. The number of halogens is 1. The van der Waals surface area contributed by atoms with Gasteiger partial charge in [0, 0.05) is 25.7 Å². The Hall–Kier alpha value is -2.69. The number of rotatable bonds is 6. The Kier molecular flexibility index (Phi) is 6.87. The largest absolute Gasteiger partial charge is 0.486 e. The predicted molar refractivity (Wildman–Crippen MR) is 118 cm³/mol. The molecular weight excluding hydrogens is 451 g/mol. The molecule has 2 aliphatic heterocycles. The molecule has 2 aliphatic rings. The quantitative estimate of drug-likeness (QED) is 0.634. The summed E-state index contributed by atoms with van der Waals surface area (Å²) in [5.74, 6) is 0.0662. The Morgan fingerprint density at radius 2 is 1.67 bits per heavy atom. The second-order valence-electron chi connectivity index (χ2n) is 8.26. The zero-order valence-corrected chi connectivity index (χ0v) is 19.4. The first-order chi connectivity index (χ1) is 15.7. The summed E-state index contributed by atoms with van der Waals surface area (Å²) in [5, 5.41) is 0. The number of sulfonamides is 1. The predicted octanol–water partition coefficient (Wildman–Crippen LogP) is 2.42. The Labute approximate surface area is 192 Å². The van der Waals surface area contributed by atoms with E-state index in [0.717, 1.165) is 4.31 Å². The average Bonchev–Trinajstić information content (AvgIpc) is 2.79. The normalized spacial score (nSPS) is 20.7. The maximum absolute atomic E-state index is 13.6. The number of carbonyl (C=O) groups excluding carboxylic acids is 1. The fourth-order valence-electron chi connectivity index (χ4n) is 3.98. The van der Waals surface area contributed by atoms with Crippen LogP contribution in [0.5, 0.6) is 11.5 Å². The van der Waals surface area contributed by atoms with E-state index in [9.17, 15) is 17.6 Å². The van der Waals surface area contributed by atoms with Crippen molar-refractivity contribution in [2.75, 3.05) is 32.8 Å². The van der Waals surface area contributed by atoms with E-state index in [-0.39, 0.29) is 36.1 Å².